The second-order valence-electron chi connectivity index (χ2n) is 9.19. The molecule has 184 valence electrons. The molecule has 0 spiro atoms. The maximum absolute atomic E-state index is 13.4. The van der Waals surface area contributed by atoms with E-state index in [-0.39, 0.29) is 35.1 Å². The predicted octanol–water partition coefficient (Wildman–Crippen LogP) is 0.988. The molecule has 1 aromatic rings. The summed E-state index contributed by atoms with van der Waals surface area (Å²) >= 11 is 3.92. The van der Waals surface area contributed by atoms with Gasteiger partial charge in [-0.05, 0) is 56.2 Å². The normalized spacial score (nSPS) is 25.8. The molecule has 34 heavy (non-hydrogen) atoms. The number of hydrogen-bond acceptors (Lipinski definition) is 6. The van der Waals surface area contributed by atoms with E-state index in [1.165, 1.54) is 0 Å². The number of rotatable bonds is 9. The van der Waals surface area contributed by atoms with Gasteiger partial charge in [0.15, 0.2) is 0 Å². The zero-order chi connectivity index (χ0) is 24.2. The fourth-order valence-corrected chi connectivity index (χ4v) is 5.51. The van der Waals surface area contributed by atoms with Gasteiger partial charge >= 0.3 is 0 Å². The molecule has 3 aliphatic rings. The molecule has 4 amide bonds. The maximum atomic E-state index is 13.4. The average molecular weight is 489 g/mol. The number of fused-ring (bicyclic) bond motifs is 2. The molecule has 0 aliphatic carbocycles. The van der Waals surface area contributed by atoms with Crippen LogP contribution in [0.5, 0.6) is 5.75 Å². The number of nitrogens with one attached hydrogen (secondary N) is 2. The third-order valence-electron chi connectivity index (χ3n) is 7.04. The van der Waals surface area contributed by atoms with Crippen LogP contribution < -0.4 is 10.6 Å². The molecule has 3 fully saturated rings. The largest absolute Gasteiger partial charge is 0.508 e. The Bertz CT molecular complexity index is 940. The number of unbranched alkanes of at least 4 members (excludes halogenated alkanes) is 2. The summed E-state index contributed by atoms with van der Waals surface area (Å²) in [6.45, 7) is 1.66. The van der Waals surface area contributed by atoms with Gasteiger partial charge in [0.25, 0.3) is 0 Å². The van der Waals surface area contributed by atoms with Gasteiger partial charge in [-0.2, -0.15) is 12.6 Å². The number of carbonyl (C=O) groups is 4. The SMILES string of the molecule is O=C(CS)NCCCCCNC(=O)[C@@H]1C[C@@H]2C(=O)N3CCC[C@H]3C(=O)N2[C@@H]1c1ccc(O)cc1. The molecule has 0 saturated carbocycles. The zero-order valence-corrected chi connectivity index (χ0v) is 20.0. The highest BCUT2D eigenvalue weighted by Crippen LogP contribution is 2.46. The fraction of sp³-hybridized carbons (Fsp3) is 0.583. The summed E-state index contributed by atoms with van der Waals surface area (Å²) < 4.78 is 0. The van der Waals surface area contributed by atoms with Gasteiger partial charge in [-0.15, -0.1) is 0 Å². The van der Waals surface area contributed by atoms with Crippen molar-refractivity contribution in [3.8, 4) is 5.75 Å². The van der Waals surface area contributed by atoms with E-state index in [1.807, 2.05) is 0 Å². The van der Waals surface area contributed by atoms with E-state index >= 15 is 0 Å². The van der Waals surface area contributed by atoms with Crippen molar-refractivity contribution in [3.63, 3.8) is 0 Å². The first kappa shape index (κ1) is 24.4. The molecule has 0 unspecified atom stereocenters. The lowest BCUT2D eigenvalue weighted by Crippen LogP contribution is -2.60. The van der Waals surface area contributed by atoms with Crippen LogP contribution in [0.4, 0.5) is 0 Å². The van der Waals surface area contributed by atoms with E-state index in [4.69, 9.17) is 0 Å². The number of carbonyl (C=O) groups excluding carboxylic acids is 4. The minimum Gasteiger partial charge on any atom is -0.508 e. The number of nitrogens with zero attached hydrogens (tertiary/aromatic N) is 2. The Morgan fingerprint density at radius 3 is 2.41 bits per heavy atom. The maximum Gasteiger partial charge on any atom is 0.246 e. The molecular formula is C24H32N4O5S. The minimum absolute atomic E-state index is 0.0653. The lowest BCUT2D eigenvalue weighted by atomic mass is 9.92. The van der Waals surface area contributed by atoms with Crippen LogP contribution in [0.1, 0.15) is 50.1 Å². The van der Waals surface area contributed by atoms with E-state index in [9.17, 15) is 24.3 Å². The number of amides is 4. The van der Waals surface area contributed by atoms with E-state index in [1.54, 1.807) is 34.1 Å². The Labute approximate surface area is 204 Å². The van der Waals surface area contributed by atoms with Crippen LogP contribution in [0.15, 0.2) is 24.3 Å². The first-order valence-corrected chi connectivity index (χ1v) is 12.6. The van der Waals surface area contributed by atoms with Crippen molar-refractivity contribution in [3.05, 3.63) is 29.8 Å². The molecule has 1 aromatic carbocycles. The summed E-state index contributed by atoms with van der Waals surface area (Å²) in [5.41, 5.74) is 0.743. The number of benzene rings is 1. The highest BCUT2D eigenvalue weighted by atomic mass is 32.1. The molecule has 4 atom stereocenters. The van der Waals surface area contributed by atoms with E-state index in [0.717, 1.165) is 31.2 Å². The molecule has 3 aliphatic heterocycles. The van der Waals surface area contributed by atoms with Gasteiger partial charge in [0.1, 0.15) is 17.8 Å². The van der Waals surface area contributed by atoms with Crippen molar-refractivity contribution in [1.82, 2.24) is 20.4 Å². The van der Waals surface area contributed by atoms with Crippen LogP contribution in [0, 0.1) is 5.92 Å². The van der Waals surface area contributed by atoms with Crippen LogP contribution >= 0.6 is 12.6 Å². The highest BCUT2D eigenvalue weighted by Gasteiger charge is 2.57. The molecule has 0 bridgehead atoms. The number of piperazine rings is 1. The van der Waals surface area contributed by atoms with E-state index in [0.29, 0.717) is 32.5 Å². The number of thiol groups is 1. The lowest BCUT2D eigenvalue weighted by Gasteiger charge is -2.41. The Balaban J connectivity index is 1.42. The smallest absolute Gasteiger partial charge is 0.246 e. The molecule has 10 heteroatoms. The summed E-state index contributed by atoms with van der Waals surface area (Å²) in [5.74, 6) is -0.690. The molecule has 4 rings (SSSR count). The van der Waals surface area contributed by atoms with Crippen molar-refractivity contribution in [1.29, 1.82) is 0 Å². The van der Waals surface area contributed by atoms with Crippen LogP contribution in [0.3, 0.4) is 0 Å². The first-order valence-electron chi connectivity index (χ1n) is 12.0. The summed E-state index contributed by atoms with van der Waals surface area (Å²) in [6.07, 6.45) is 4.18. The lowest BCUT2D eigenvalue weighted by molar-refractivity contribution is -0.159. The Morgan fingerprint density at radius 1 is 1.00 bits per heavy atom. The van der Waals surface area contributed by atoms with Gasteiger partial charge in [-0.25, -0.2) is 0 Å². The zero-order valence-electron chi connectivity index (χ0n) is 19.1. The Morgan fingerprint density at radius 2 is 1.71 bits per heavy atom. The number of aromatic hydroxyl groups is 1. The quantitative estimate of drug-likeness (QED) is 0.305. The topological polar surface area (TPSA) is 119 Å². The molecule has 3 heterocycles. The molecule has 0 aromatic heterocycles. The summed E-state index contributed by atoms with van der Waals surface area (Å²) in [4.78, 5) is 54.3. The highest BCUT2D eigenvalue weighted by molar-refractivity contribution is 7.81. The second kappa shape index (κ2) is 10.7. The third-order valence-corrected chi connectivity index (χ3v) is 7.33. The van der Waals surface area contributed by atoms with Crippen LogP contribution in [0.2, 0.25) is 0 Å². The van der Waals surface area contributed by atoms with Crippen molar-refractivity contribution < 1.29 is 24.3 Å². The average Bonchev–Trinajstić information content (AvgIpc) is 3.48. The Kier molecular flexibility index (Phi) is 7.65. The van der Waals surface area contributed by atoms with E-state index in [2.05, 4.69) is 23.3 Å². The Hall–Kier alpha value is -2.75. The van der Waals surface area contributed by atoms with Crippen LogP contribution in [-0.4, -0.2) is 76.0 Å². The van der Waals surface area contributed by atoms with Gasteiger partial charge in [-0.1, -0.05) is 12.1 Å². The van der Waals surface area contributed by atoms with Gasteiger partial charge in [0.2, 0.25) is 23.6 Å². The number of phenolic OH excluding ortho intramolecular Hbond substituents is 1. The van der Waals surface area contributed by atoms with Gasteiger partial charge in [0.05, 0.1) is 17.7 Å². The van der Waals surface area contributed by atoms with Crippen molar-refractivity contribution in [2.75, 3.05) is 25.4 Å². The molecule has 9 nitrogen and oxygen atoms in total. The predicted molar refractivity (Wildman–Crippen MR) is 128 cm³/mol. The minimum atomic E-state index is -0.633. The number of phenols is 1. The molecule has 0 radical (unpaired) electrons. The summed E-state index contributed by atoms with van der Waals surface area (Å²) in [7, 11) is 0. The van der Waals surface area contributed by atoms with E-state index < -0.39 is 24.0 Å². The molecule has 3 saturated heterocycles. The number of hydrogen-bond donors (Lipinski definition) is 4. The molecule has 3 N–H and O–H groups in total. The van der Waals surface area contributed by atoms with Crippen LogP contribution in [0.25, 0.3) is 0 Å². The van der Waals surface area contributed by atoms with Gasteiger partial charge in [-0.3, -0.25) is 19.2 Å². The van der Waals surface area contributed by atoms with Crippen molar-refractivity contribution in [2.24, 2.45) is 5.92 Å². The van der Waals surface area contributed by atoms with Gasteiger partial charge in [0, 0.05) is 19.6 Å². The fourth-order valence-electron chi connectivity index (χ4n) is 5.40. The summed E-state index contributed by atoms with van der Waals surface area (Å²) in [5, 5.41) is 15.5. The molecular weight excluding hydrogens is 456 g/mol. The third kappa shape index (κ3) is 4.87. The van der Waals surface area contributed by atoms with Crippen molar-refractivity contribution in [2.45, 2.75) is 56.7 Å². The summed E-state index contributed by atoms with van der Waals surface area (Å²) in [6, 6.07) is 4.92. The van der Waals surface area contributed by atoms with Crippen LogP contribution in [-0.2, 0) is 19.2 Å². The van der Waals surface area contributed by atoms with Crippen molar-refractivity contribution >= 4 is 36.3 Å². The van der Waals surface area contributed by atoms with Gasteiger partial charge < -0.3 is 25.5 Å². The standard InChI is InChI=1S/C24H32N4O5S/c29-16-8-6-15(7-9-16)21-17(22(31)26-11-3-1-2-10-25-20(30)14-34)13-19-23(32)27-12-4-5-18(27)24(33)28(19)21/h6-9,17-19,21,29,34H,1-5,10-14H2,(H,25,30)(H,26,31)/t17-,18+,19-,21-/m1/s1. The second-order valence-corrected chi connectivity index (χ2v) is 9.51. The monoisotopic (exact) mass is 488 g/mol. The first-order chi connectivity index (χ1) is 16.4.